The van der Waals surface area contributed by atoms with Gasteiger partial charge in [0.25, 0.3) is 0 Å². The topological polar surface area (TPSA) is 61.4 Å². The number of benzene rings is 2. The Labute approximate surface area is 217 Å². The SMILES string of the molecule is Cc1ccc(NC(=O)N2CCN(c3nc(CCc4ccccc4)nc4sc(C)c(C)c34)CC2)cc1C. The highest BCUT2D eigenvalue weighted by molar-refractivity contribution is 7.18. The number of carbonyl (C=O) groups is 1. The van der Waals surface area contributed by atoms with E-state index < -0.39 is 0 Å². The van der Waals surface area contributed by atoms with E-state index in [0.29, 0.717) is 13.1 Å². The van der Waals surface area contributed by atoms with Crippen LogP contribution < -0.4 is 10.2 Å². The highest BCUT2D eigenvalue weighted by atomic mass is 32.1. The van der Waals surface area contributed by atoms with Crippen molar-refractivity contribution in [3.63, 3.8) is 0 Å². The predicted molar refractivity (Wildman–Crippen MR) is 149 cm³/mol. The number of piperazine rings is 1. The molecule has 0 saturated carbocycles. The van der Waals surface area contributed by atoms with E-state index in [2.05, 4.69) is 62.2 Å². The molecule has 2 aromatic heterocycles. The quantitative estimate of drug-likeness (QED) is 0.362. The van der Waals surface area contributed by atoms with Crippen LogP contribution in [-0.4, -0.2) is 47.1 Å². The van der Waals surface area contributed by atoms with Crippen LogP contribution in [0.1, 0.15) is 33.0 Å². The van der Waals surface area contributed by atoms with Crippen molar-refractivity contribution in [1.29, 1.82) is 0 Å². The van der Waals surface area contributed by atoms with Crippen LogP contribution in [0.2, 0.25) is 0 Å². The third-order valence-corrected chi connectivity index (χ3v) is 8.26. The number of nitrogens with zero attached hydrogens (tertiary/aromatic N) is 4. The van der Waals surface area contributed by atoms with Crippen LogP contribution >= 0.6 is 11.3 Å². The third-order valence-electron chi connectivity index (χ3n) is 7.16. The van der Waals surface area contributed by atoms with Crippen molar-refractivity contribution in [1.82, 2.24) is 14.9 Å². The largest absolute Gasteiger partial charge is 0.352 e. The first kappa shape index (κ1) is 24.3. The van der Waals surface area contributed by atoms with Crippen LogP contribution in [0.3, 0.4) is 0 Å². The second-order valence-electron chi connectivity index (χ2n) is 9.62. The van der Waals surface area contributed by atoms with Gasteiger partial charge in [-0.05, 0) is 68.5 Å². The predicted octanol–water partition coefficient (Wildman–Crippen LogP) is 6.06. The van der Waals surface area contributed by atoms with Crippen molar-refractivity contribution in [2.75, 3.05) is 36.4 Å². The van der Waals surface area contributed by atoms with E-state index in [-0.39, 0.29) is 6.03 Å². The van der Waals surface area contributed by atoms with Crippen LogP contribution in [0.5, 0.6) is 0 Å². The Bertz CT molecular complexity index is 1390. The summed E-state index contributed by atoms with van der Waals surface area (Å²) in [4.78, 5) is 29.5. The van der Waals surface area contributed by atoms with Crippen molar-refractivity contribution in [2.24, 2.45) is 0 Å². The zero-order valence-electron chi connectivity index (χ0n) is 21.5. The maximum Gasteiger partial charge on any atom is 0.321 e. The van der Waals surface area contributed by atoms with Crippen molar-refractivity contribution >= 4 is 39.1 Å². The first-order valence-electron chi connectivity index (χ1n) is 12.6. The monoisotopic (exact) mass is 499 g/mol. The highest BCUT2D eigenvalue weighted by Crippen LogP contribution is 2.35. The summed E-state index contributed by atoms with van der Waals surface area (Å²) in [5, 5.41) is 4.22. The van der Waals surface area contributed by atoms with Crippen LogP contribution in [0, 0.1) is 27.7 Å². The number of amides is 2. The van der Waals surface area contributed by atoms with Gasteiger partial charge in [0, 0.05) is 43.2 Å². The number of carbonyl (C=O) groups excluding carboxylic acids is 1. The lowest BCUT2D eigenvalue weighted by Gasteiger charge is -2.35. The average molecular weight is 500 g/mol. The zero-order chi connectivity index (χ0) is 25.2. The molecule has 1 aliphatic heterocycles. The minimum absolute atomic E-state index is 0.0446. The van der Waals surface area contributed by atoms with Gasteiger partial charge >= 0.3 is 6.03 Å². The summed E-state index contributed by atoms with van der Waals surface area (Å²) in [6.07, 6.45) is 1.73. The molecule has 0 bridgehead atoms. The van der Waals surface area contributed by atoms with E-state index in [1.807, 2.05) is 29.2 Å². The molecule has 1 aliphatic rings. The number of aryl methyl sites for hydroxylation is 6. The normalized spacial score (nSPS) is 13.9. The van der Waals surface area contributed by atoms with E-state index in [1.165, 1.54) is 27.1 Å². The average Bonchev–Trinajstić information content (AvgIpc) is 3.18. The highest BCUT2D eigenvalue weighted by Gasteiger charge is 2.25. The Balaban J connectivity index is 1.32. The Morgan fingerprint density at radius 2 is 1.67 bits per heavy atom. The summed E-state index contributed by atoms with van der Waals surface area (Å²) in [7, 11) is 0. The van der Waals surface area contributed by atoms with Gasteiger partial charge in [0.1, 0.15) is 16.5 Å². The lowest BCUT2D eigenvalue weighted by molar-refractivity contribution is 0.208. The van der Waals surface area contributed by atoms with Gasteiger partial charge < -0.3 is 15.1 Å². The smallest absolute Gasteiger partial charge is 0.321 e. The molecular formula is C29H33N5OS. The molecule has 5 rings (SSSR count). The Morgan fingerprint density at radius 3 is 2.39 bits per heavy atom. The van der Waals surface area contributed by atoms with E-state index in [1.54, 1.807) is 11.3 Å². The van der Waals surface area contributed by atoms with Gasteiger partial charge in [-0.3, -0.25) is 0 Å². The fourth-order valence-corrected chi connectivity index (χ4v) is 5.70. The van der Waals surface area contributed by atoms with Gasteiger partial charge in [0.05, 0.1) is 5.39 Å². The molecule has 1 fully saturated rings. The number of urea groups is 1. The zero-order valence-corrected chi connectivity index (χ0v) is 22.3. The van der Waals surface area contributed by atoms with Gasteiger partial charge in [-0.1, -0.05) is 36.4 Å². The molecule has 1 saturated heterocycles. The number of fused-ring (bicyclic) bond motifs is 1. The molecule has 36 heavy (non-hydrogen) atoms. The summed E-state index contributed by atoms with van der Waals surface area (Å²) in [5.41, 5.74) is 5.80. The number of anilines is 2. The van der Waals surface area contributed by atoms with E-state index in [0.717, 1.165) is 53.5 Å². The molecule has 0 spiro atoms. The van der Waals surface area contributed by atoms with Gasteiger partial charge in [-0.15, -0.1) is 11.3 Å². The molecule has 0 unspecified atom stereocenters. The molecule has 3 heterocycles. The first-order valence-corrected chi connectivity index (χ1v) is 13.4. The molecule has 0 aliphatic carbocycles. The third kappa shape index (κ3) is 5.07. The Kier molecular flexibility index (Phi) is 6.92. The van der Waals surface area contributed by atoms with Crippen LogP contribution in [0.4, 0.5) is 16.3 Å². The second kappa shape index (κ2) is 10.3. The van der Waals surface area contributed by atoms with Crippen LogP contribution in [0.25, 0.3) is 10.2 Å². The Morgan fingerprint density at radius 1 is 0.917 bits per heavy atom. The maximum atomic E-state index is 12.9. The molecule has 7 heteroatoms. The van der Waals surface area contributed by atoms with Gasteiger partial charge in [0.2, 0.25) is 0 Å². The van der Waals surface area contributed by atoms with Crippen LogP contribution in [-0.2, 0) is 12.8 Å². The minimum atomic E-state index is -0.0446. The molecule has 0 atom stereocenters. The second-order valence-corrected chi connectivity index (χ2v) is 10.8. The number of thiophene rings is 1. The lowest BCUT2D eigenvalue weighted by atomic mass is 10.1. The standard InChI is InChI=1S/C29H33N5OS/c1-19-10-12-24(18-20(19)2)30-29(35)34-16-14-33(15-17-34)27-26-21(3)22(4)36-28(26)32-25(31-27)13-11-23-8-6-5-7-9-23/h5-10,12,18H,11,13-17H2,1-4H3,(H,30,35). The van der Waals surface area contributed by atoms with Crippen molar-refractivity contribution in [3.05, 3.63) is 81.5 Å². The van der Waals surface area contributed by atoms with Crippen molar-refractivity contribution in [2.45, 2.75) is 40.5 Å². The summed E-state index contributed by atoms with van der Waals surface area (Å²) < 4.78 is 0. The van der Waals surface area contributed by atoms with E-state index in [9.17, 15) is 4.79 Å². The lowest BCUT2D eigenvalue weighted by Crippen LogP contribution is -2.50. The van der Waals surface area contributed by atoms with Crippen LogP contribution in [0.15, 0.2) is 48.5 Å². The maximum absolute atomic E-state index is 12.9. The van der Waals surface area contributed by atoms with Gasteiger partial charge in [-0.2, -0.15) is 0 Å². The number of hydrogen-bond donors (Lipinski definition) is 1. The number of hydrogen-bond acceptors (Lipinski definition) is 5. The fraction of sp³-hybridized carbons (Fsp3) is 0.345. The molecule has 2 aromatic carbocycles. The molecule has 1 N–H and O–H groups in total. The van der Waals surface area contributed by atoms with Crippen molar-refractivity contribution < 1.29 is 4.79 Å². The molecular weight excluding hydrogens is 466 g/mol. The summed E-state index contributed by atoms with van der Waals surface area (Å²) in [6.45, 7) is 11.3. The molecule has 6 nitrogen and oxygen atoms in total. The van der Waals surface area contributed by atoms with Crippen molar-refractivity contribution in [3.8, 4) is 0 Å². The molecule has 186 valence electrons. The molecule has 0 radical (unpaired) electrons. The van der Waals surface area contributed by atoms with E-state index in [4.69, 9.17) is 9.97 Å². The first-order chi connectivity index (χ1) is 17.4. The minimum Gasteiger partial charge on any atom is -0.352 e. The summed E-state index contributed by atoms with van der Waals surface area (Å²) >= 11 is 1.75. The molecule has 4 aromatic rings. The van der Waals surface area contributed by atoms with Gasteiger partial charge in [-0.25, -0.2) is 14.8 Å². The fourth-order valence-electron chi connectivity index (χ4n) is 4.66. The number of aromatic nitrogens is 2. The number of nitrogens with one attached hydrogen (secondary N) is 1. The summed E-state index contributed by atoms with van der Waals surface area (Å²) in [6, 6.07) is 16.5. The molecule has 2 amide bonds. The Hall–Kier alpha value is -3.45. The van der Waals surface area contributed by atoms with Gasteiger partial charge in [0.15, 0.2) is 0 Å². The summed E-state index contributed by atoms with van der Waals surface area (Å²) in [5.74, 6) is 1.90. The van der Waals surface area contributed by atoms with E-state index >= 15 is 0 Å². The number of rotatable bonds is 5.